The van der Waals surface area contributed by atoms with Gasteiger partial charge in [0, 0.05) is 10.6 Å². The lowest BCUT2D eigenvalue weighted by molar-refractivity contribution is 0.622. The molecule has 3 rings (SSSR count). The number of rotatable bonds is 2. The highest BCUT2D eigenvalue weighted by Gasteiger charge is 2.21. The molecule has 2 aromatic carbocycles. The zero-order chi connectivity index (χ0) is 13.2. The molecule has 0 fully saturated rings. The highest BCUT2D eigenvalue weighted by Crippen LogP contribution is 2.39. The number of hydrogen-bond acceptors (Lipinski definition) is 2. The predicted molar refractivity (Wildman–Crippen MR) is 79.6 cm³/mol. The predicted octanol–water partition coefficient (Wildman–Crippen LogP) is 5.13. The summed E-state index contributed by atoms with van der Waals surface area (Å²) in [5, 5.41) is 3.68. The highest BCUT2D eigenvalue weighted by atomic mass is 35.5. The molecule has 0 aromatic heterocycles. The summed E-state index contributed by atoms with van der Waals surface area (Å²) >= 11 is 7.91. The van der Waals surface area contributed by atoms with Crippen molar-refractivity contribution in [2.75, 3.05) is 11.1 Å². The number of fused-ring (bicyclic) bond motifs is 1. The Morgan fingerprint density at radius 1 is 1.16 bits per heavy atom. The van der Waals surface area contributed by atoms with Gasteiger partial charge in [-0.25, -0.2) is 4.39 Å². The van der Waals surface area contributed by atoms with Crippen LogP contribution in [0.4, 0.5) is 10.1 Å². The van der Waals surface area contributed by atoms with E-state index < -0.39 is 0 Å². The number of anilines is 1. The summed E-state index contributed by atoms with van der Waals surface area (Å²) in [6.45, 7) is 0. The van der Waals surface area contributed by atoms with Crippen LogP contribution in [0.15, 0.2) is 47.4 Å². The van der Waals surface area contributed by atoms with Crippen molar-refractivity contribution in [2.45, 2.75) is 17.4 Å². The van der Waals surface area contributed by atoms with Crippen LogP contribution in [-0.2, 0) is 0 Å². The van der Waals surface area contributed by atoms with Gasteiger partial charge in [0.05, 0.1) is 16.8 Å². The van der Waals surface area contributed by atoms with Crippen molar-refractivity contribution in [2.24, 2.45) is 0 Å². The molecule has 0 aliphatic carbocycles. The van der Waals surface area contributed by atoms with Crippen LogP contribution in [0.1, 0.15) is 18.0 Å². The fourth-order valence-electron chi connectivity index (χ4n) is 2.30. The average molecular weight is 294 g/mol. The number of hydrogen-bond donors (Lipinski definition) is 1. The molecule has 0 amide bonds. The van der Waals surface area contributed by atoms with E-state index in [1.54, 1.807) is 12.1 Å². The van der Waals surface area contributed by atoms with E-state index in [4.69, 9.17) is 11.6 Å². The highest BCUT2D eigenvalue weighted by molar-refractivity contribution is 7.99. The number of benzene rings is 2. The quantitative estimate of drug-likeness (QED) is 0.824. The van der Waals surface area contributed by atoms with Gasteiger partial charge in [-0.05, 0) is 30.2 Å². The summed E-state index contributed by atoms with van der Waals surface area (Å²) in [6, 6.07) is 13.1. The van der Waals surface area contributed by atoms with Crippen LogP contribution in [0.3, 0.4) is 0 Å². The molecule has 19 heavy (non-hydrogen) atoms. The third-order valence-electron chi connectivity index (χ3n) is 3.24. The molecule has 0 radical (unpaired) electrons. The molecule has 1 nitrogen and oxygen atoms in total. The Hall–Kier alpha value is -1.19. The maximum absolute atomic E-state index is 13.8. The number of halogens is 2. The molecule has 0 bridgehead atoms. The third-order valence-corrected chi connectivity index (χ3v) is 4.68. The van der Waals surface area contributed by atoms with Gasteiger partial charge in [0.15, 0.2) is 0 Å². The van der Waals surface area contributed by atoms with E-state index in [2.05, 4.69) is 17.4 Å². The van der Waals surface area contributed by atoms with E-state index in [0.29, 0.717) is 10.7 Å². The first-order valence-electron chi connectivity index (χ1n) is 6.18. The van der Waals surface area contributed by atoms with Gasteiger partial charge in [-0.3, -0.25) is 0 Å². The Kier molecular flexibility index (Phi) is 3.67. The molecule has 1 aliphatic heterocycles. The number of para-hydroxylation sites is 1. The molecule has 0 spiro atoms. The van der Waals surface area contributed by atoms with Crippen molar-refractivity contribution in [3.8, 4) is 0 Å². The second-order valence-electron chi connectivity index (χ2n) is 4.47. The summed E-state index contributed by atoms with van der Waals surface area (Å²) in [5.74, 6) is 0.726. The monoisotopic (exact) mass is 293 g/mol. The molecule has 98 valence electrons. The first-order chi connectivity index (χ1) is 9.25. The van der Waals surface area contributed by atoms with Gasteiger partial charge in [0.2, 0.25) is 0 Å². The number of nitrogens with one attached hydrogen (secondary N) is 1. The van der Waals surface area contributed by atoms with Gasteiger partial charge in [-0.15, -0.1) is 11.8 Å². The Bertz CT molecular complexity index is 582. The lowest BCUT2D eigenvalue weighted by Crippen LogP contribution is -2.16. The van der Waals surface area contributed by atoms with Gasteiger partial charge in [-0.1, -0.05) is 35.9 Å². The van der Waals surface area contributed by atoms with Crippen LogP contribution in [0.2, 0.25) is 5.02 Å². The molecule has 1 aliphatic rings. The zero-order valence-electron chi connectivity index (χ0n) is 10.2. The molecule has 2 aromatic rings. The van der Waals surface area contributed by atoms with Crippen molar-refractivity contribution in [3.63, 3.8) is 0 Å². The smallest absolute Gasteiger partial charge is 0.147 e. The first kappa shape index (κ1) is 12.8. The second kappa shape index (κ2) is 5.43. The van der Waals surface area contributed by atoms with Gasteiger partial charge < -0.3 is 5.32 Å². The van der Waals surface area contributed by atoms with E-state index in [0.717, 1.165) is 12.2 Å². The molecule has 0 saturated heterocycles. The zero-order valence-corrected chi connectivity index (χ0v) is 11.8. The van der Waals surface area contributed by atoms with Crippen LogP contribution in [0.25, 0.3) is 0 Å². The SMILES string of the molecule is Fc1cccc(Cl)c1NC1CCSc2ccccc21. The molecule has 1 unspecified atom stereocenters. The Morgan fingerprint density at radius 3 is 2.84 bits per heavy atom. The van der Waals surface area contributed by atoms with Crippen LogP contribution >= 0.6 is 23.4 Å². The molecule has 4 heteroatoms. The van der Waals surface area contributed by atoms with Crippen molar-refractivity contribution in [3.05, 3.63) is 58.9 Å². The topological polar surface area (TPSA) is 12.0 Å². The van der Waals surface area contributed by atoms with E-state index in [1.807, 2.05) is 23.9 Å². The van der Waals surface area contributed by atoms with E-state index in [1.165, 1.54) is 16.5 Å². The third kappa shape index (κ3) is 2.58. The van der Waals surface area contributed by atoms with Crippen LogP contribution in [0.5, 0.6) is 0 Å². The minimum absolute atomic E-state index is 0.117. The second-order valence-corrected chi connectivity index (χ2v) is 6.01. The Balaban J connectivity index is 1.93. The van der Waals surface area contributed by atoms with E-state index in [-0.39, 0.29) is 11.9 Å². The minimum Gasteiger partial charge on any atom is -0.375 e. The molecule has 0 saturated carbocycles. The van der Waals surface area contributed by atoms with Crippen LogP contribution in [0, 0.1) is 5.82 Å². The summed E-state index contributed by atoms with van der Waals surface area (Å²) in [4.78, 5) is 1.26. The largest absolute Gasteiger partial charge is 0.375 e. The maximum atomic E-state index is 13.8. The minimum atomic E-state index is -0.303. The van der Waals surface area contributed by atoms with Crippen molar-refractivity contribution >= 4 is 29.1 Å². The molecule has 1 atom stereocenters. The summed E-state index contributed by atoms with van der Waals surface area (Å²) < 4.78 is 13.8. The lowest BCUT2D eigenvalue weighted by Gasteiger charge is -2.27. The van der Waals surface area contributed by atoms with E-state index >= 15 is 0 Å². The van der Waals surface area contributed by atoms with Crippen LogP contribution in [-0.4, -0.2) is 5.75 Å². The van der Waals surface area contributed by atoms with Crippen molar-refractivity contribution in [1.29, 1.82) is 0 Å². The van der Waals surface area contributed by atoms with Crippen LogP contribution < -0.4 is 5.32 Å². The fourth-order valence-corrected chi connectivity index (χ4v) is 3.64. The van der Waals surface area contributed by atoms with Gasteiger partial charge in [0.25, 0.3) is 0 Å². The van der Waals surface area contributed by atoms with Gasteiger partial charge in [0.1, 0.15) is 5.82 Å². The Labute approximate surface area is 121 Å². The normalized spacial score (nSPS) is 17.9. The van der Waals surface area contributed by atoms with Gasteiger partial charge in [-0.2, -0.15) is 0 Å². The molecule has 1 N–H and O–H groups in total. The average Bonchev–Trinajstić information content (AvgIpc) is 2.43. The Morgan fingerprint density at radius 2 is 2.00 bits per heavy atom. The summed E-state index contributed by atoms with van der Waals surface area (Å²) in [6.07, 6.45) is 0.965. The number of thioether (sulfide) groups is 1. The summed E-state index contributed by atoms with van der Waals surface area (Å²) in [5.41, 5.74) is 1.62. The van der Waals surface area contributed by atoms with E-state index in [9.17, 15) is 4.39 Å². The fraction of sp³-hybridized carbons (Fsp3) is 0.200. The molecular formula is C15H13ClFNS. The lowest BCUT2D eigenvalue weighted by atomic mass is 10.0. The summed E-state index contributed by atoms with van der Waals surface area (Å²) in [7, 11) is 0. The molecule has 1 heterocycles. The maximum Gasteiger partial charge on any atom is 0.147 e. The molecular weight excluding hydrogens is 281 g/mol. The van der Waals surface area contributed by atoms with Crippen molar-refractivity contribution in [1.82, 2.24) is 0 Å². The van der Waals surface area contributed by atoms with Crippen molar-refractivity contribution < 1.29 is 4.39 Å². The first-order valence-corrected chi connectivity index (χ1v) is 7.54. The standard InChI is InChI=1S/C15H13ClFNS/c16-11-5-3-6-12(17)15(11)18-13-8-9-19-14-7-2-1-4-10(13)14/h1-7,13,18H,8-9H2. The van der Waals surface area contributed by atoms with Gasteiger partial charge >= 0.3 is 0 Å².